The van der Waals surface area contributed by atoms with Crippen molar-refractivity contribution in [2.24, 2.45) is 5.41 Å². The minimum Gasteiger partial charge on any atom is -0.504 e. The zero-order valence-electron chi connectivity index (χ0n) is 11.9. The molecule has 0 spiro atoms. The normalized spacial score (nSPS) is 13.1. The topological polar surface area (TPSA) is 66.8 Å². The van der Waals surface area contributed by atoms with Crippen LogP contribution < -0.4 is 0 Å². The average Bonchev–Trinajstić information content (AvgIpc) is 2.38. The molecule has 0 aliphatic carbocycles. The van der Waals surface area contributed by atoms with Gasteiger partial charge in [0.2, 0.25) is 0 Å². The molecule has 0 saturated heterocycles. The van der Waals surface area contributed by atoms with E-state index in [1.165, 1.54) is 13.2 Å². The van der Waals surface area contributed by atoms with Crippen molar-refractivity contribution in [1.29, 1.82) is 0 Å². The summed E-state index contributed by atoms with van der Waals surface area (Å²) < 4.78 is 4.81. The molecule has 0 radical (unpaired) electrons. The molecule has 1 rings (SSSR count). The van der Waals surface area contributed by atoms with Crippen LogP contribution in [0.3, 0.4) is 0 Å². The number of hydrogen-bond donors (Lipinski definition) is 2. The molecule has 0 aliphatic rings. The fourth-order valence-electron chi connectivity index (χ4n) is 2.27. The molecule has 4 heteroatoms. The number of ether oxygens (including phenoxy) is 1. The van der Waals surface area contributed by atoms with Crippen molar-refractivity contribution in [3.8, 4) is 11.5 Å². The third-order valence-corrected chi connectivity index (χ3v) is 3.46. The quantitative estimate of drug-likeness (QED) is 0.634. The molecule has 0 amide bonds. The van der Waals surface area contributed by atoms with E-state index in [4.69, 9.17) is 4.74 Å². The number of rotatable bonds is 5. The molecule has 0 fully saturated rings. The third-order valence-electron chi connectivity index (χ3n) is 3.46. The maximum Gasteiger partial charge on any atom is 0.311 e. The summed E-state index contributed by atoms with van der Waals surface area (Å²) in [7, 11) is 1.39. The van der Waals surface area contributed by atoms with E-state index in [1.807, 2.05) is 20.8 Å². The van der Waals surface area contributed by atoms with Gasteiger partial charge in [-0.05, 0) is 50.3 Å². The Morgan fingerprint density at radius 1 is 1.32 bits per heavy atom. The predicted molar refractivity (Wildman–Crippen MR) is 73.2 cm³/mol. The zero-order valence-corrected chi connectivity index (χ0v) is 11.9. The van der Waals surface area contributed by atoms with Crippen LogP contribution in [0.2, 0.25) is 0 Å². The van der Waals surface area contributed by atoms with E-state index in [0.29, 0.717) is 6.42 Å². The SMILES string of the molecule is CCC(CC(C)(C)C(=O)OC)c1ccc(O)c(O)c1. The lowest BCUT2D eigenvalue weighted by Gasteiger charge is -2.27. The molecule has 0 heterocycles. The monoisotopic (exact) mass is 266 g/mol. The van der Waals surface area contributed by atoms with Gasteiger partial charge >= 0.3 is 5.97 Å². The van der Waals surface area contributed by atoms with Gasteiger partial charge in [-0.3, -0.25) is 4.79 Å². The van der Waals surface area contributed by atoms with Crippen LogP contribution in [0, 0.1) is 5.41 Å². The van der Waals surface area contributed by atoms with Gasteiger partial charge in [0, 0.05) is 0 Å². The Labute approximate surface area is 114 Å². The minimum atomic E-state index is -0.580. The molecule has 106 valence electrons. The van der Waals surface area contributed by atoms with Gasteiger partial charge in [0.15, 0.2) is 11.5 Å². The molecular formula is C15H22O4. The highest BCUT2D eigenvalue weighted by molar-refractivity contribution is 5.75. The Morgan fingerprint density at radius 3 is 2.42 bits per heavy atom. The summed E-state index contributed by atoms with van der Waals surface area (Å²) in [6.45, 7) is 5.73. The molecule has 0 aliphatic heterocycles. The van der Waals surface area contributed by atoms with Crippen LogP contribution in [0.5, 0.6) is 11.5 Å². The molecule has 0 aromatic heterocycles. The van der Waals surface area contributed by atoms with Gasteiger partial charge in [-0.25, -0.2) is 0 Å². The van der Waals surface area contributed by atoms with Gasteiger partial charge in [-0.15, -0.1) is 0 Å². The van der Waals surface area contributed by atoms with E-state index >= 15 is 0 Å². The molecule has 1 unspecified atom stereocenters. The van der Waals surface area contributed by atoms with Crippen LogP contribution in [0.25, 0.3) is 0 Å². The van der Waals surface area contributed by atoms with E-state index in [9.17, 15) is 15.0 Å². The molecule has 1 aromatic rings. The average molecular weight is 266 g/mol. The van der Waals surface area contributed by atoms with Gasteiger partial charge in [0.1, 0.15) is 0 Å². The Bertz CT molecular complexity index is 451. The van der Waals surface area contributed by atoms with E-state index in [2.05, 4.69) is 0 Å². The summed E-state index contributed by atoms with van der Waals surface area (Å²) in [6, 6.07) is 4.80. The number of phenolic OH excluding ortho intramolecular Hbond substituents is 2. The Kier molecular flexibility index (Phi) is 4.81. The maximum absolute atomic E-state index is 11.7. The van der Waals surface area contributed by atoms with Crippen molar-refractivity contribution in [2.75, 3.05) is 7.11 Å². The molecule has 0 saturated carbocycles. The van der Waals surface area contributed by atoms with Crippen LogP contribution in [-0.2, 0) is 9.53 Å². The smallest absolute Gasteiger partial charge is 0.311 e. The standard InChI is InChI=1S/C15H22O4/c1-5-10(9-15(2,3)14(18)19-4)11-6-7-12(16)13(17)8-11/h6-8,10,16-17H,5,9H2,1-4H3. The first-order valence-corrected chi connectivity index (χ1v) is 6.42. The van der Waals surface area contributed by atoms with Gasteiger partial charge in [-0.2, -0.15) is 0 Å². The molecular weight excluding hydrogens is 244 g/mol. The minimum absolute atomic E-state index is 0.126. The largest absolute Gasteiger partial charge is 0.504 e. The second kappa shape index (κ2) is 5.95. The maximum atomic E-state index is 11.7. The first kappa shape index (κ1) is 15.3. The molecule has 1 atom stereocenters. The second-order valence-corrected chi connectivity index (χ2v) is 5.43. The number of carbonyl (C=O) groups excluding carboxylic acids is 1. The molecule has 19 heavy (non-hydrogen) atoms. The molecule has 2 N–H and O–H groups in total. The highest BCUT2D eigenvalue weighted by atomic mass is 16.5. The van der Waals surface area contributed by atoms with Crippen LogP contribution in [0.1, 0.15) is 45.1 Å². The van der Waals surface area contributed by atoms with Crippen molar-refractivity contribution >= 4 is 5.97 Å². The number of benzene rings is 1. The first-order chi connectivity index (χ1) is 8.81. The number of aromatic hydroxyl groups is 2. The van der Waals surface area contributed by atoms with Crippen LogP contribution in [0.4, 0.5) is 0 Å². The van der Waals surface area contributed by atoms with Gasteiger partial charge in [0.25, 0.3) is 0 Å². The highest BCUT2D eigenvalue weighted by Gasteiger charge is 2.32. The molecule has 0 bridgehead atoms. The summed E-state index contributed by atoms with van der Waals surface area (Å²) >= 11 is 0. The first-order valence-electron chi connectivity index (χ1n) is 6.42. The number of hydrogen-bond acceptors (Lipinski definition) is 4. The van der Waals surface area contributed by atoms with E-state index in [-0.39, 0.29) is 23.4 Å². The lowest BCUT2D eigenvalue weighted by atomic mass is 9.79. The Morgan fingerprint density at radius 2 is 1.95 bits per heavy atom. The highest BCUT2D eigenvalue weighted by Crippen LogP contribution is 2.37. The third kappa shape index (κ3) is 3.63. The zero-order chi connectivity index (χ0) is 14.6. The van der Waals surface area contributed by atoms with Crippen molar-refractivity contribution < 1.29 is 19.7 Å². The van der Waals surface area contributed by atoms with Gasteiger partial charge in [-0.1, -0.05) is 13.0 Å². The van der Waals surface area contributed by atoms with Gasteiger partial charge in [0.05, 0.1) is 12.5 Å². The fourth-order valence-corrected chi connectivity index (χ4v) is 2.27. The van der Waals surface area contributed by atoms with Crippen LogP contribution >= 0.6 is 0 Å². The number of phenols is 2. The van der Waals surface area contributed by atoms with Crippen molar-refractivity contribution in [3.63, 3.8) is 0 Å². The van der Waals surface area contributed by atoms with Crippen molar-refractivity contribution in [3.05, 3.63) is 23.8 Å². The van der Waals surface area contributed by atoms with Crippen molar-refractivity contribution in [2.45, 2.75) is 39.5 Å². The summed E-state index contributed by atoms with van der Waals surface area (Å²) in [5.41, 5.74) is 0.331. The number of methoxy groups -OCH3 is 1. The van der Waals surface area contributed by atoms with E-state index < -0.39 is 5.41 Å². The van der Waals surface area contributed by atoms with Crippen LogP contribution in [-0.4, -0.2) is 23.3 Å². The molecule has 1 aromatic carbocycles. The van der Waals surface area contributed by atoms with Crippen LogP contribution in [0.15, 0.2) is 18.2 Å². The lowest BCUT2D eigenvalue weighted by Crippen LogP contribution is -2.27. The van der Waals surface area contributed by atoms with Gasteiger partial charge < -0.3 is 14.9 Å². The van der Waals surface area contributed by atoms with Crippen molar-refractivity contribution in [1.82, 2.24) is 0 Å². The number of esters is 1. The Balaban J connectivity index is 2.95. The second-order valence-electron chi connectivity index (χ2n) is 5.43. The molecule has 4 nitrogen and oxygen atoms in total. The number of carbonyl (C=O) groups is 1. The Hall–Kier alpha value is -1.71. The summed E-state index contributed by atoms with van der Waals surface area (Å²) in [5, 5.41) is 18.9. The lowest BCUT2D eigenvalue weighted by molar-refractivity contribution is -0.151. The van der Waals surface area contributed by atoms with E-state index in [1.54, 1.807) is 12.1 Å². The summed E-state index contributed by atoms with van der Waals surface area (Å²) in [6.07, 6.45) is 1.46. The van der Waals surface area contributed by atoms with E-state index in [0.717, 1.165) is 12.0 Å². The fraction of sp³-hybridized carbons (Fsp3) is 0.533. The predicted octanol–water partition coefficient (Wildman–Crippen LogP) is 3.18. The summed E-state index contributed by atoms with van der Waals surface area (Å²) in [4.78, 5) is 11.7. The summed E-state index contributed by atoms with van der Waals surface area (Å²) in [5.74, 6) is -0.382.